The normalized spacial score (nSPS) is 20.5. The summed E-state index contributed by atoms with van der Waals surface area (Å²) in [4.78, 5) is 0. The molecule has 1 aliphatic rings. The molecular weight excluding hydrogens is 162 g/mol. The van der Waals surface area contributed by atoms with Crippen LogP contribution < -0.4 is 16.6 Å². The van der Waals surface area contributed by atoms with Gasteiger partial charge < -0.3 is 5.32 Å². The summed E-state index contributed by atoms with van der Waals surface area (Å²) in [7, 11) is 0. The van der Waals surface area contributed by atoms with Crippen LogP contribution in [0.5, 0.6) is 0 Å². The Labute approximate surface area is 78.3 Å². The highest BCUT2D eigenvalue weighted by Crippen LogP contribution is 2.23. The van der Waals surface area contributed by atoms with Crippen LogP contribution in [0.15, 0.2) is 24.3 Å². The molecule has 1 aliphatic heterocycles. The summed E-state index contributed by atoms with van der Waals surface area (Å²) in [6.45, 7) is 2.05. The monoisotopic (exact) mass is 178 g/mol. The second kappa shape index (κ2) is 3.77. The second-order valence-corrected chi connectivity index (χ2v) is 3.58. The number of hydrogen-bond donors (Lipinski definition) is 3. The molecule has 13 heavy (non-hydrogen) atoms. The lowest BCUT2D eigenvalue weighted by Crippen LogP contribution is -2.92. The quantitative estimate of drug-likeness (QED) is 0.430. The van der Waals surface area contributed by atoms with Crippen molar-refractivity contribution in [2.45, 2.75) is 6.42 Å². The Bertz CT molecular complexity index is 285. The summed E-state index contributed by atoms with van der Waals surface area (Å²) >= 11 is 0. The molecule has 70 valence electrons. The van der Waals surface area contributed by atoms with E-state index < -0.39 is 0 Å². The molecule has 5 N–H and O–H groups in total. The largest absolute Gasteiger partial charge is 0.384 e. The Kier molecular flexibility index (Phi) is 2.47. The lowest BCUT2D eigenvalue weighted by Gasteiger charge is -2.24. The summed E-state index contributed by atoms with van der Waals surface area (Å²) in [5.74, 6) is 6.09. The molecule has 0 aliphatic carbocycles. The van der Waals surface area contributed by atoms with Crippen molar-refractivity contribution in [3.8, 4) is 0 Å². The van der Waals surface area contributed by atoms with E-state index in [1.165, 1.54) is 11.3 Å². The zero-order chi connectivity index (χ0) is 9.10. The zero-order valence-electron chi connectivity index (χ0n) is 7.66. The molecule has 0 aromatic heterocycles. The number of hydrogen-bond acceptors (Lipinski definition) is 2. The van der Waals surface area contributed by atoms with Gasteiger partial charge in [0.05, 0.1) is 6.54 Å². The maximum Gasteiger partial charge on any atom is 0.0976 e. The van der Waals surface area contributed by atoms with Crippen LogP contribution in [0.3, 0.4) is 0 Å². The summed E-state index contributed by atoms with van der Waals surface area (Å²) in [6, 6.07) is 8.49. The predicted octanol–water partition coefficient (Wildman–Crippen LogP) is -0.292. The summed E-state index contributed by atoms with van der Waals surface area (Å²) in [5.41, 5.74) is 4.47. The van der Waals surface area contributed by atoms with E-state index in [2.05, 4.69) is 29.6 Å². The van der Waals surface area contributed by atoms with Crippen LogP contribution in [0.25, 0.3) is 0 Å². The number of benzene rings is 1. The molecular formula is C10H16N3+. The first-order valence-corrected chi connectivity index (χ1v) is 4.75. The highest BCUT2D eigenvalue weighted by Gasteiger charge is 2.18. The van der Waals surface area contributed by atoms with Crippen molar-refractivity contribution in [3.63, 3.8) is 0 Å². The predicted molar refractivity (Wildman–Crippen MR) is 53.1 cm³/mol. The van der Waals surface area contributed by atoms with E-state index in [1.54, 1.807) is 5.43 Å². The fourth-order valence-electron chi connectivity index (χ4n) is 1.87. The maximum absolute atomic E-state index is 5.43. The van der Waals surface area contributed by atoms with Crippen molar-refractivity contribution in [2.75, 3.05) is 18.4 Å². The van der Waals surface area contributed by atoms with Gasteiger partial charge >= 0.3 is 0 Å². The fourth-order valence-corrected chi connectivity index (χ4v) is 1.87. The minimum absolute atomic E-state index is 0.667. The van der Waals surface area contributed by atoms with Gasteiger partial charge in [0.25, 0.3) is 0 Å². The molecule has 3 heteroatoms. The minimum atomic E-state index is 0.667. The molecule has 0 saturated heterocycles. The van der Waals surface area contributed by atoms with E-state index >= 15 is 0 Å². The van der Waals surface area contributed by atoms with Crippen molar-refractivity contribution >= 4 is 5.69 Å². The Balaban J connectivity index is 2.11. The van der Waals surface area contributed by atoms with Crippen molar-refractivity contribution in [1.29, 1.82) is 0 Å². The van der Waals surface area contributed by atoms with Gasteiger partial charge in [-0.2, -0.15) is 5.84 Å². The molecule has 0 spiro atoms. The topological polar surface area (TPSA) is 54.7 Å². The van der Waals surface area contributed by atoms with Crippen LogP contribution in [0, 0.1) is 5.92 Å². The van der Waals surface area contributed by atoms with Crippen LogP contribution in [0.4, 0.5) is 5.69 Å². The number of rotatable bonds is 2. The van der Waals surface area contributed by atoms with Gasteiger partial charge in [-0.25, -0.2) is 0 Å². The number of para-hydroxylation sites is 1. The molecule has 1 unspecified atom stereocenters. The number of quaternary nitrogens is 1. The first kappa shape index (κ1) is 8.53. The molecule has 1 aromatic rings. The molecule has 2 rings (SSSR count). The van der Waals surface area contributed by atoms with Gasteiger partial charge in [-0.3, -0.25) is 5.43 Å². The second-order valence-electron chi connectivity index (χ2n) is 3.58. The molecule has 0 saturated carbocycles. The zero-order valence-corrected chi connectivity index (χ0v) is 7.66. The van der Waals surface area contributed by atoms with Gasteiger partial charge in [0.15, 0.2) is 0 Å². The molecule has 3 nitrogen and oxygen atoms in total. The van der Waals surface area contributed by atoms with Gasteiger partial charge in [-0.1, -0.05) is 18.2 Å². The Morgan fingerprint density at radius 2 is 2.31 bits per heavy atom. The van der Waals surface area contributed by atoms with E-state index in [-0.39, 0.29) is 0 Å². The van der Waals surface area contributed by atoms with Crippen molar-refractivity contribution < 1.29 is 5.43 Å². The van der Waals surface area contributed by atoms with Crippen LogP contribution in [-0.2, 0) is 6.42 Å². The van der Waals surface area contributed by atoms with Gasteiger partial charge in [0, 0.05) is 18.2 Å². The smallest absolute Gasteiger partial charge is 0.0976 e. The van der Waals surface area contributed by atoms with Crippen molar-refractivity contribution in [2.24, 2.45) is 11.8 Å². The summed E-state index contributed by atoms with van der Waals surface area (Å²) in [6.07, 6.45) is 1.15. The average molecular weight is 178 g/mol. The Morgan fingerprint density at radius 1 is 1.46 bits per heavy atom. The number of nitrogens with two attached hydrogens (primary N) is 2. The molecule has 1 aromatic carbocycles. The average Bonchev–Trinajstić information content (AvgIpc) is 2.18. The van der Waals surface area contributed by atoms with Crippen LogP contribution in [0.1, 0.15) is 5.56 Å². The molecule has 0 amide bonds. The lowest BCUT2D eigenvalue weighted by atomic mass is 9.94. The van der Waals surface area contributed by atoms with E-state index in [9.17, 15) is 0 Å². The van der Waals surface area contributed by atoms with Crippen LogP contribution >= 0.6 is 0 Å². The SMILES string of the molecule is N[NH2+]CC1CNc2ccccc2C1. The van der Waals surface area contributed by atoms with Crippen LogP contribution in [-0.4, -0.2) is 13.1 Å². The van der Waals surface area contributed by atoms with Crippen molar-refractivity contribution in [1.82, 2.24) is 0 Å². The summed E-state index contributed by atoms with van der Waals surface area (Å²) in [5, 5.41) is 3.42. The van der Waals surface area contributed by atoms with E-state index in [4.69, 9.17) is 5.84 Å². The molecule has 1 heterocycles. The third-order valence-corrected chi connectivity index (χ3v) is 2.58. The fraction of sp³-hybridized carbons (Fsp3) is 0.400. The minimum Gasteiger partial charge on any atom is -0.384 e. The molecule has 0 bridgehead atoms. The highest BCUT2D eigenvalue weighted by atomic mass is 15.2. The van der Waals surface area contributed by atoms with Crippen LogP contribution in [0.2, 0.25) is 0 Å². The number of anilines is 1. The highest BCUT2D eigenvalue weighted by molar-refractivity contribution is 5.53. The van der Waals surface area contributed by atoms with Gasteiger partial charge in [0.1, 0.15) is 0 Å². The van der Waals surface area contributed by atoms with E-state index in [0.29, 0.717) is 5.92 Å². The summed E-state index contributed by atoms with van der Waals surface area (Å²) < 4.78 is 0. The number of nitrogens with one attached hydrogen (secondary N) is 1. The van der Waals surface area contributed by atoms with Crippen molar-refractivity contribution in [3.05, 3.63) is 29.8 Å². The molecule has 1 atom stereocenters. The van der Waals surface area contributed by atoms with Gasteiger partial charge in [-0.15, -0.1) is 0 Å². The molecule has 0 radical (unpaired) electrons. The Hall–Kier alpha value is -1.06. The van der Waals surface area contributed by atoms with E-state index in [1.807, 2.05) is 0 Å². The molecule has 0 fully saturated rings. The maximum atomic E-state index is 5.43. The standard InChI is InChI=1S/C10H15N3/c11-13-7-8-5-9-3-1-2-4-10(9)12-6-8/h1-4,8,12-13H,5-7,11H2/p+1. The van der Waals surface area contributed by atoms with Gasteiger partial charge in [-0.05, 0) is 18.1 Å². The first-order chi connectivity index (χ1) is 6.40. The van der Waals surface area contributed by atoms with E-state index in [0.717, 1.165) is 19.5 Å². The Morgan fingerprint density at radius 3 is 3.15 bits per heavy atom. The number of fused-ring (bicyclic) bond motifs is 1. The third-order valence-electron chi connectivity index (χ3n) is 2.58. The lowest BCUT2D eigenvalue weighted by molar-refractivity contribution is -0.672. The first-order valence-electron chi connectivity index (χ1n) is 4.75. The third kappa shape index (κ3) is 1.82. The van der Waals surface area contributed by atoms with Gasteiger partial charge in [0.2, 0.25) is 0 Å².